The third-order valence-electron chi connectivity index (χ3n) is 3.80. The highest BCUT2D eigenvalue weighted by Crippen LogP contribution is 2.19. The molecule has 0 radical (unpaired) electrons. The van der Waals surface area contributed by atoms with Gasteiger partial charge in [-0.1, -0.05) is 23.7 Å². The molecule has 114 valence electrons. The van der Waals surface area contributed by atoms with Crippen LogP contribution in [-0.2, 0) is 0 Å². The van der Waals surface area contributed by atoms with Crippen molar-refractivity contribution in [2.24, 2.45) is 0 Å². The fraction of sp³-hybridized carbons (Fsp3) is 0.250. The lowest BCUT2D eigenvalue weighted by Gasteiger charge is -2.36. The average molecular weight is 318 g/mol. The summed E-state index contributed by atoms with van der Waals surface area (Å²) in [5.74, 6) is -0.0354. The number of halogens is 1. The molecule has 1 N–H and O–H groups in total. The minimum Gasteiger partial charge on any atom is -0.367 e. The van der Waals surface area contributed by atoms with Gasteiger partial charge in [0.25, 0.3) is 5.91 Å². The summed E-state index contributed by atoms with van der Waals surface area (Å²) < 4.78 is 0. The molecule has 3 rings (SSSR count). The Morgan fingerprint density at radius 1 is 1.05 bits per heavy atom. The van der Waals surface area contributed by atoms with Gasteiger partial charge < -0.3 is 14.8 Å². The SMILES string of the molecule is O=C(c1ccccc1Cl)N1CCN(c2ccc(=O)[nH]c2)CC1. The molecule has 22 heavy (non-hydrogen) atoms. The van der Waals surface area contributed by atoms with Crippen LogP contribution < -0.4 is 10.5 Å². The normalized spacial score (nSPS) is 15.0. The maximum Gasteiger partial charge on any atom is 0.255 e. The number of carbonyl (C=O) groups excluding carboxylic acids is 1. The largest absolute Gasteiger partial charge is 0.367 e. The Balaban J connectivity index is 1.67. The second-order valence-electron chi connectivity index (χ2n) is 5.17. The molecule has 1 amide bonds. The smallest absolute Gasteiger partial charge is 0.255 e. The van der Waals surface area contributed by atoms with Crippen LogP contribution in [0.5, 0.6) is 0 Å². The molecule has 1 fully saturated rings. The molecule has 1 saturated heterocycles. The summed E-state index contributed by atoms with van der Waals surface area (Å²) in [5.41, 5.74) is 1.39. The molecule has 1 aromatic carbocycles. The molecule has 0 aliphatic carbocycles. The van der Waals surface area contributed by atoms with Gasteiger partial charge in [-0.25, -0.2) is 0 Å². The average Bonchev–Trinajstić information content (AvgIpc) is 2.56. The van der Waals surface area contributed by atoms with Crippen molar-refractivity contribution in [2.45, 2.75) is 0 Å². The Morgan fingerprint density at radius 3 is 2.41 bits per heavy atom. The summed E-state index contributed by atoms with van der Waals surface area (Å²) in [6.07, 6.45) is 1.70. The summed E-state index contributed by atoms with van der Waals surface area (Å²) in [7, 11) is 0. The van der Waals surface area contributed by atoms with Gasteiger partial charge in [0.1, 0.15) is 0 Å². The fourth-order valence-electron chi connectivity index (χ4n) is 2.57. The number of rotatable bonds is 2. The Morgan fingerprint density at radius 2 is 1.77 bits per heavy atom. The van der Waals surface area contributed by atoms with Gasteiger partial charge >= 0.3 is 0 Å². The number of nitrogens with one attached hydrogen (secondary N) is 1. The van der Waals surface area contributed by atoms with E-state index in [1.165, 1.54) is 6.07 Å². The standard InChI is InChI=1S/C16H16ClN3O2/c17-14-4-2-1-3-13(14)16(22)20-9-7-19(8-10-20)12-5-6-15(21)18-11-12/h1-6,11H,7-10H2,(H,18,21). The first-order chi connectivity index (χ1) is 10.6. The molecule has 1 aliphatic heterocycles. The second kappa shape index (κ2) is 6.23. The monoisotopic (exact) mass is 317 g/mol. The third-order valence-corrected chi connectivity index (χ3v) is 4.13. The third kappa shape index (κ3) is 2.99. The van der Waals surface area contributed by atoms with Crippen LogP contribution in [0.1, 0.15) is 10.4 Å². The molecule has 2 aromatic rings. The molecule has 6 heteroatoms. The molecule has 0 saturated carbocycles. The number of aromatic nitrogens is 1. The van der Waals surface area contributed by atoms with Crippen LogP contribution in [-0.4, -0.2) is 42.0 Å². The van der Waals surface area contributed by atoms with Crippen molar-refractivity contribution in [3.63, 3.8) is 0 Å². The highest BCUT2D eigenvalue weighted by Gasteiger charge is 2.23. The Hall–Kier alpha value is -2.27. The van der Waals surface area contributed by atoms with Gasteiger partial charge in [-0.05, 0) is 18.2 Å². The topological polar surface area (TPSA) is 56.4 Å². The Labute approximate surface area is 133 Å². The van der Waals surface area contributed by atoms with E-state index in [0.29, 0.717) is 23.7 Å². The highest BCUT2D eigenvalue weighted by atomic mass is 35.5. The van der Waals surface area contributed by atoms with Gasteiger partial charge in [0.2, 0.25) is 5.56 Å². The van der Waals surface area contributed by atoms with E-state index in [4.69, 9.17) is 11.6 Å². The van der Waals surface area contributed by atoms with Crippen LogP contribution in [0.25, 0.3) is 0 Å². The zero-order chi connectivity index (χ0) is 15.5. The molecule has 5 nitrogen and oxygen atoms in total. The van der Waals surface area contributed by atoms with Gasteiger partial charge in [0.15, 0.2) is 0 Å². The number of piperazine rings is 1. The molecule has 0 bridgehead atoms. The van der Waals surface area contributed by atoms with Gasteiger partial charge in [0, 0.05) is 38.4 Å². The first kappa shape index (κ1) is 14.7. The number of anilines is 1. The predicted molar refractivity (Wildman–Crippen MR) is 86.6 cm³/mol. The lowest BCUT2D eigenvalue weighted by molar-refractivity contribution is 0.0747. The van der Waals surface area contributed by atoms with E-state index in [1.807, 2.05) is 17.0 Å². The molecule has 0 unspecified atom stereocenters. The maximum absolute atomic E-state index is 12.5. The highest BCUT2D eigenvalue weighted by molar-refractivity contribution is 6.33. The van der Waals surface area contributed by atoms with Gasteiger partial charge in [-0.3, -0.25) is 9.59 Å². The van der Waals surface area contributed by atoms with Crippen molar-refractivity contribution in [1.82, 2.24) is 9.88 Å². The summed E-state index contributed by atoms with van der Waals surface area (Å²) in [6.45, 7) is 2.71. The molecule has 1 aromatic heterocycles. The van der Waals surface area contributed by atoms with Crippen LogP contribution in [0.2, 0.25) is 5.02 Å². The van der Waals surface area contributed by atoms with Crippen LogP contribution in [0.4, 0.5) is 5.69 Å². The minimum atomic E-state index is -0.115. The van der Waals surface area contributed by atoms with E-state index in [2.05, 4.69) is 9.88 Å². The summed E-state index contributed by atoms with van der Waals surface area (Å²) in [4.78, 5) is 30.2. The number of pyridine rings is 1. The van der Waals surface area contributed by atoms with Crippen molar-refractivity contribution in [2.75, 3.05) is 31.1 Å². The lowest BCUT2D eigenvalue weighted by atomic mass is 10.1. The Bertz CT molecular complexity index is 716. The van der Waals surface area contributed by atoms with Crippen molar-refractivity contribution in [3.05, 3.63) is 63.5 Å². The summed E-state index contributed by atoms with van der Waals surface area (Å²) in [5, 5.41) is 0.482. The minimum absolute atomic E-state index is 0.0354. The van der Waals surface area contributed by atoms with E-state index >= 15 is 0 Å². The van der Waals surface area contributed by atoms with Crippen molar-refractivity contribution >= 4 is 23.2 Å². The quantitative estimate of drug-likeness (QED) is 0.921. The maximum atomic E-state index is 12.5. The zero-order valence-corrected chi connectivity index (χ0v) is 12.7. The number of aromatic amines is 1. The van der Waals surface area contributed by atoms with Crippen LogP contribution in [0.3, 0.4) is 0 Å². The van der Waals surface area contributed by atoms with Gasteiger partial charge in [0.05, 0.1) is 16.3 Å². The first-order valence-corrected chi connectivity index (χ1v) is 7.50. The molecule has 2 heterocycles. The fourth-order valence-corrected chi connectivity index (χ4v) is 2.79. The van der Waals surface area contributed by atoms with Crippen LogP contribution in [0.15, 0.2) is 47.4 Å². The lowest BCUT2D eigenvalue weighted by Crippen LogP contribution is -2.49. The van der Waals surface area contributed by atoms with E-state index in [0.717, 1.165) is 18.8 Å². The van der Waals surface area contributed by atoms with Crippen molar-refractivity contribution in [3.8, 4) is 0 Å². The van der Waals surface area contributed by atoms with E-state index < -0.39 is 0 Å². The van der Waals surface area contributed by atoms with Crippen LogP contribution >= 0.6 is 11.6 Å². The summed E-state index contributed by atoms with van der Waals surface area (Å²) >= 11 is 6.09. The molecule has 1 aliphatic rings. The number of hydrogen-bond donors (Lipinski definition) is 1. The first-order valence-electron chi connectivity index (χ1n) is 7.12. The molecular formula is C16H16ClN3O2. The number of hydrogen-bond acceptors (Lipinski definition) is 3. The molecular weight excluding hydrogens is 302 g/mol. The predicted octanol–water partition coefficient (Wildman–Crippen LogP) is 1.99. The Kier molecular flexibility index (Phi) is 4.15. The number of H-pyrrole nitrogens is 1. The number of amides is 1. The van der Waals surface area contributed by atoms with Crippen LogP contribution in [0, 0.1) is 0 Å². The number of benzene rings is 1. The number of nitrogens with zero attached hydrogens (tertiary/aromatic N) is 2. The summed E-state index contributed by atoms with van der Waals surface area (Å²) in [6, 6.07) is 10.4. The van der Waals surface area contributed by atoms with Crippen molar-refractivity contribution < 1.29 is 4.79 Å². The van der Waals surface area contributed by atoms with E-state index in [1.54, 1.807) is 24.4 Å². The molecule has 0 atom stereocenters. The second-order valence-corrected chi connectivity index (χ2v) is 5.58. The number of carbonyl (C=O) groups is 1. The van der Waals surface area contributed by atoms with Gasteiger partial charge in [-0.15, -0.1) is 0 Å². The molecule has 0 spiro atoms. The van der Waals surface area contributed by atoms with Crippen molar-refractivity contribution in [1.29, 1.82) is 0 Å². The van der Waals surface area contributed by atoms with E-state index in [9.17, 15) is 9.59 Å². The zero-order valence-electron chi connectivity index (χ0n) is 12.0. The van der Waals surface area contributed by atoms with E-state index in [-0.39, 0.29) is 11.5 Å². The van der Waals surface area contributed by atoms with Gasteiger partial charge in [-0.2, -0.15) is 0 Å².